The van der Waals surface area contributed by atoms with Crippen molar-refractivity contribution in [1.82, 2.24) is 14.8 Å². The molecule has 1 fully saturated rings. The Labute approximate surface area is 125 Å². The molecular formula is C16H24N4O. The Balaban J connectivity index is 1.77. The normalized spacial score (nSPS) is 22.9. The first-order valence-electron chi connectivity index (χ1n) is 7.72. The number of aromatic nitrogens is 3. The molecule has 3 rings (SSSR count). The van der Waals surface area contributed by atoms with Gasteiger partial charge < -0.3 is 10.1 Å². The smallest absolute Gasteiger partial charge is 0.157 e. The summed E-state index contributed by atoms with van der Waals surface area (Å²) in [4.78, 5) is 4.53. The molecule has 1 aliphatic rings. The van der Waals surface area contributed by atoms with Crippen molar-refractivity contribution >= 4 is 16.7 Å². The minimum Gasteiger partial charge on any atom is -0.381 e. The predicted octanol–water partition coefficient (Wildman–Crippen LogP) is 2.89. The van der Waals surface area contributed by atoms with E-state index in [1.165, 1.54) is 0 Å². The Bertz CT molecular complexity index is 634. The lowest BCUT2D eigenvalue weighted by Crippen LogP contribution is -2.36. The Kier molecular flexibility index (Phi) is 3.85. The molecule has 0 aromatic carbocycles. The molecule has 5 nitrogen and oxygen atoms in total. The van der Waals surface area contributed by atoms with Crippen molar-refractivity contribution in [3.05, 3.63) is 18.0 Å². The van der Waals surface area contributed by atoms with Gasteiger partial charge in [-0.3, -0.25) is 4.68 Å². The van der Waals surface area contributed by atoms with Gasteiger partial charge in [0.15, 0.2) is 5.65 Å². The number of aryl methyl sites for hydroxylation is 2. The van der Waals surface area contributed by atoms with Crippen molar-refractivity contribution in [1.29, 1.82) is 0 Å². The molecular weight excluding hydrogens is 264 g/mol. The van der Waals surface area contributed by atoms with Gasteiger partial charge in [-0.25, -0.2) is 4.98 Å². The largest absolute Gasteiger partial charge is 0.381 e. The van der Waals surface area contributed by atoms with Gasteiger partial charge in [0.25, 0.3) is 0 Å². The quantitative estimate of drug-likeness (QED) is 0.943. The zero-order chi connectivity index (χ0) is 15.0. The number of ether oxygens (including phenoxy) is 1. The van der Waals surface area contributed by atoms with Gasteiger partial charge in [0.05, 0.1) is 23.7 Å². The molecule has 1 aliphatic heterocycles. The molecule has 1 saturated heterocycles. The second-order valence-electron chi connectivity index (χ2n) is 6.32. The summed E-state index contributed by atoms with van der Waals surface area (Å²) in [6, 6.07) is 2.62. The SMILES string of the molecule is Cc1nn(C)c2ncc(NC3CCOC(C(C)C)C3)cc12. The summed E-state index contributed by atoms with van der Waals surface area (Å²) in [5.74, 6) is 0.566. The molecule has 2 unspecified atom stereocenters. The van der Waals surface area contributed by atoms with Gasteiger partial charge in [0, 0.05) is 25.1 Å². The van der Waals surface area contributed by atoms with E-state index in [0.29, 0.717) is 18.1 Å². The first-order chi connectivity index (χ1) is 10.0. The fourth-order valence-corrected chi connectivity index (χ4v) is 3.05. The van der Waals surface area contributed by atoms with Crippen LogP contribution in [0.4, 0.5) is 5.69 Å². The Morgan fingerprint density at radius 2 is 2.24 bits per heavy atom. The average Bonchev–Trinajstić information content (AvgIpc) is 2.74. The monoisotopic (exact) mass is 288 g/mol. The maximum atomic E-state index is 5.83. The Hall–Kier alpha value is -1.62. The third kappa shape index (κ3) is 2.88. The van der Waals surface area contributed by atoms with Crippen LogP contribution in [0.1, 0.15) is 32.4 Å². The molecule has 21 heavy (non-hydrogen) atoms. The molecule has 3 heterocycles. The van der Waals surface area contributed by atoms with E-state index in [1.54, 1.807) is 0 Å². The summed E-state index contributed by atoms with van der Waals surface area (Å²) in [5, 5.41) is 9.15. The van der Waals surface area contributed by atoms with Gasteiger partial charge in [-0.2, -0.15) is 5.10 Å². The average molecular weight is 288 g/mol. The fraction of sp³-hybridized carbons (Fsp3) is 0.625. The molecule has 1 N–H and O–H groups in total. The molecule has 0 amide bonds. The summed E-state index contributed by atoms with van der Waals surface area (Å²) in [6.45, 7) is 7.30. The van der Waals surface area contributed by atoms with Gasteiger partial charge in [0.1, 0.15) is 0 Å². The first-order valence-corrected chi connectivity index (χ1v) is 7.72. The lowest BCUT2D eigenvalue weighted by Gasteiger charge is -2.32. The van der Waals surface area contributed by atoms with E-state index in [0.717, 1.165) is 41.9 Å². The molecule has 114 valence electrons. The zero-order valence-corrected chi connectivity index (χ0v) is 13.3. The number of nitrogens with one attached hydrogen (secondary N) is 1. The lowest BCUT2D eigenvalue weighted by atomic mass is 9.95. The highest BCUT2D eigenvalue weighted by atomic mass is 16.5. The van der Waals surface area contributed by atoms with Crippen molar-refractivity contribution in [2.45, 2.75) is 45.8 Å². The lowest BCUT2D eigenvalue weighted by molar-refractivity contribution is -0.0160. The van der Waals surface area contributed by atoms with Crippen LogP contribution in [0.3, 0.4) is 0 Å². The van der Waals surface area contributed by atoms with Crippen LogP contribution in [-0.2, 0) is 11.8 Å². The maximum absolute atomic E-state index is 5.83. The van der Waals surface area contributed by atoms with Crippen molar-refractivity contribution < 1.29 is 4.74 Å². The van der Waals surface area contributed by atoms with E-state index < -0.39 is 0 Å². The highest BCUT2D eigenvalue weighted by molar-refractivity contribution is 5.81. The van der Waals surface area contributed by atoms with Crippen molar-refractivity contribution in [2.24, 2.45) is 13.0 Å². The van der Waals surface area contributed by atoms with Crippen LogP contribution in [0, 0.1) is 12.8 Å². The summed E-state index contributed by atoms with van der Waals surface area (Å²) < 4.78 is 7.66. The van der Waals surface area contributed by atoms with E-state index in [-0.39, 0.29) is 0 Å². The van der Waals surface area contributed by atoms with Crippen LogP contribution in [0.25, 0.3) is 11.0 Å². The number of rotatable bonds is 3. The van der Waals surface area contributed by atoms with E-state index in [1.807, 2.05) is 24.9 Å². The van der Waals surface area contributed by atoms with Crippen molar-refractivity contribution in [3.63, 3.8) is 0 Å². The van der Waals surface area contributed by atoms with Crippen LogP contribution in [-0.4, -0.2) is 33.5 Å². The van der Waals surface area contributed by atoms with E-state index in [4.69, 9.17) is 4.74 Å². The van der Waals surface area contributed by atoms with Crippen molar-refractivity contribution in [2.75, 3.05) is 11.9 Å². The van der Waals surface area contributed by atoms with E-state index in [2.05, 4.69) is 35.3 Å². The summed E-state index contributed by atoms with van der Waals surface area (Å²) in [6.07, 6.45) is 4.37. The first kappa shape index (κ1) is 14.3. The van der Waals surface area contributed by atoms with Crippen molar-refractivity contribution in [3.8, 4) is 0 Å². The third-order valence-electron chi connectivity index (χ3n) is 4.29. The maximum Gasteiger partial charge on any atom is 0.157 e. The number of nitrogens with zero attached hydrogens (tertiary/aromatic N) is 3. The van der Waals surface area contributed by atoms with Gasteiger partial charge in [-0.05, 0) is 31.7 Å². The second-order valence-corrected chi connectivity index (χ2v) is 6.32. The standard InChI is InChI=1S/C16H24N4O/c1-10(2)15-8-12(5-6-21-15)18-13-7-14-11(3)19-20(4)16(14)17-9-13/h7,9-10,12,15,18H,5-6,8H2,1-4H3. The predicted molar refractivity (Wildman–Crippen MR) is 84.5 cm³/mol. The molecule has 0 spiro atoms. The zero-order valence-electron chi connectivity index (χ0n) is 13.3. The number of pyridine rings is 1. The van der Waals surface area contributed by atoms with Gasteiger partial charge in [0.2, 0.25) is 0 Å². The summed E-state index contributed by atoms with van der Waals surface area (Å²) >= 11 is 0. The van der Waals surface area contributed by atoms with Crippen LogP contribution in [0.5, 0.6) is 0 Å². The molecule has 0 aliphatic carbocycles. The van der Waals surface area contributed by atoms with Gasteiger partial charge in [-0.1, -0.05) is 13.8 Å². The highest BCUT2D eigenvalue weighted by Crippen LogP contribution is 2.25. The molecule has 2 atom stereocenters. The van der Waals surface area contributed by atoms with E-state index in [9.17, 15) is 0 Å². The minimum absolute atomic E-state index is 0.355. The molecule has 2 aromatic heterocycles. The molecule has 0 radical (unpaired) electrons. The number of anilines is 1. The topological polar surface area (TPSA) is 52.0 Å². The van der Waals surface area contributed by atoms with Crippen LogP contribution >= 0.6 is 0 Å². The van der Waals surface area contributed by atoms with Gasteiger partial charge >= 0.3 is 0 Å². The van der Waals surface area contributed by atoms with Crippen LogP contribution in [0.2, 0.25) is 0 Å². The van der Waals surface area contributed by atoms with Gasteiger partial charge in [-0.15, -0.1) is 0 Å². The summed E-state index contributed by atoms with van der Waals surface area (Å²) in [5.41, 5.74) is 3.04. The third-order valence-corrected chi connectivity index (χ3v) is 4.29. The van der Waals surface area contributed by atoms with Crippen LogP contribution in [0.15, 0.2) is 12.3 Å². The number of fused-ring (bicyclic) bond motifs is 1. The van der Waals surface area contributed by atoms with E-state index >= 15 is 0 Å². The number of hydrogen-bond acceptors (Lipinski definition) is 4. The Morgan fingerprint density at radius 3 is 3.00 bits per heavy atom. The molecule has 0 bridgehead atoms. The van der Waals surface area contributed by atoms with Crippen LogP contribution < -0.4 is 5.32 Å². The molecule has 0 saturated carbocycles. The second kappa shape index (κ2) is 5.64. The Morgan fingerprint density at radius 1 is 1.43 bits per heavy atom. The minimum atomic E-state index is 0.355. The number of hydrogen-bond donors (Lipinski definition) is 1. The highest BCUT2D eigenvalue weighted by Gasteiger charge is 2.24. The molecule has 2 aromatic rings. The fourth-order valence-electron chi connectivity index (χ4n) is 3.05. The summed E-state index contributed by atoms with van der Waals surface area (Å²) in [7, 11) is 1.93. The molecule has 5 heteroatoms.